The summed E-state index contributed by atoms with van der Waals surface area (Å²) >= 11 is 1.04. The first-order chi connectivity index (χ1) is 12.6. The van der Waals surface area contributed by atoms with Crippen LogP contribution in [0, 0.1) is 11.3 Å². The summed E-state index contributed by atoms with van der Waals surface area (Å²) in [5.74, 6) is 2.58. The van der Waals surface area contributed by atoms with Gasteiger partial charge in [0.1, 0.15) is 22.6 Å². The Hall–Kier alpha value is -2.59. The van der Waals surface area contributed by atoms with Crippen LogP contribution < -0.4 is 5.43 Å². The molecule has 0 aliphatic carbocycles. The van der Waals surface area contributed by atoms with Gasteiger partial charge >= 0.3 is 0 Å². The molecule has 4 heterocycles. The van der Waals surface area contributed by atoms with E-state index in [2.05, 4.69) is 11.5 Å². The van der Waals surface area contributed by atoms with Crippen molar-refractivity contribution in [1.82, 2.24) is 10.4 Å². The van der Waals surface area contributed by atoms with E-state index in [-0.39, 0.29) is 0 Å². The van der Waals surface area contributed by atoms with Crippen LogP contribution in [0.5, 0.6) is 0 Å². The SMILES string of the molecule is CCOP1(=O)C=CN2NC(c3ccco3)=C(c3ccco3)C(C#N)=C2S1. The molecule has 1 atom stereocenters. The molecule has 2 aliphatic rings. The highest BCUT2D eigenvalue weighted by atomic mass is 32.7. The number of hydrogen-bond acceptors (Lipinski definition) is 8. The molecule has 4 rings (SSSR count). The van der Waals surface area contributed by atoms with E-state index in [1.165, 1.54) is 12.1 Å². The molecule has 1 unspecified atom stereocenters. The van der Waals surface area contributed by atoms with Gasteiger partial charge < -0.3 is 13.4 Å². The number of furan rings is 2. The molecule has 0 radical (unpaired) electrons. The van der Waals surface area contributed by atoms with E-state index in [0.29, 0.717) is 40.0 Å². The minimum Gasteiger partial charge on any atom is -0.464 e. The molecule has 26 heavy (non-hydrogen) atoms. The molecule has 0 saturated carbocycles. The monoisotopic (exact) mass is 387 g/mol. The van der Waals surface area contributed by atoms with Crippen LogP contribution >= 0.6 is 18.0 Å². The molecule has 0 bridgehead atoms. The molecule has 0 spiro atoms. The summed E-state index contributed by atoms with van der Waals surface area (Å²) in [5, 5.41) is 12.0. The molecule has 2 aliphatic heterocycles. The van der Waals surface area contributed by atoms with Gasteiger partial charge in [0.05, 0.1) is 30.3 Å². The van der Waals surface area contributed by atoms with Crippen LogP contribution in [0.15, 0.2) is 68.2 Å². The molecule has 0 saturated heterocycles. The van der Waals surface area contributed by atoms with Crippen LogP contribution in [-0.4, -0.2) is 11.6 Å². The summed E-state index contributed by atoms with van der Waals surface area (Å²) in [6, 6.07) is 9.28. The zero-order chi connectivity index (χ0) is 18.1. The number of nitrogens with one attached hydrogen (secondary N) is 1. The van der Waals surface area contributed by atoms with Gasteiger partial charge in [0, 0.05) is 12.0 Å². The second kappa shape index (κ2) is 6.61. The van der Waals surface area contributed by atoms with E-state index in [1.807, 2.05) is 0 Å². The maximum absolute atomic E-state index is 12.9. The fraction of sp³-hybridized carbons (Fsp3) is 0.118. The summed E-state index contributed by atoms with van der Waals surface area (Å²) in [7, 11) is 0. The number of fused-ring (bicyclic) bond motifs is 1. The highest BCUT2D eigenvalue weighted by Gasteiger charge is 2.38. The average molecular weight is 387 g/mol. The van der Waals surface area contributed by atoms with Crippen LogP contribution in [-0.2, 0) is 9.09 Å². The van der Waals surface area contributed by atoms with E-state index < -0.39 is 6.57 Å². The van der Waals surface area contributed by atoms with E-state index in [4.69, 9.17) is 13.4 Å². The summed E-state index contributed by atoms with van der Waals surface area (Å²) in [5.41, 5.74) is 4.67. The maximum atomic E-state index is 12.9. The molecule has 7 nitrogen and oxygen atoms in total. The van der Waals surface area contributed by atoms with E-state index in [0.717, 1.165) is 11.4 Å². The van der Waals surface area contributed by atoms with Gasteiger partial charge in [-0.15, -0.1) is 0 Å². The molecule has 0 amide bonds. The highest BCUT2D eigenvalue weighted by Crippen LogP contribution is 2.67. The zero-order valence-electron chi connectivity index (χ0n) is 13.7. The van der Waals surface area contributed by atoms with Crippen molar-refractivity contribution in [3.8, 4) is 6.07 Å². The van der Waals surface area contributed by atoms with Gasteiger partial charge in [0.15, 0.2) is 5.76 Å². The third kappa shape index (κ3) is 2.80. The van der Waals surface area contributed by atoms with Gasteiger partial charge in [-0.25, -0.2) is 0 Å². The highest BCUT2D eigenvalue weighted by molar-refractivity contribution is 8.59. The van der Waals surface area contributed by atoms with Crippen molar-refractivity contribution in [3.63, 3.8) is 0 Å². The maximum Gasteiger partial charge on any atom is 0.287 e. The quantitative estimate of drug-likeness (QED) is 0.752. The van der Waals surface area contributed by atoms with Crippen LogP contribution in [0.25, 0.3) is 11.3 Å². The molecule has 132 valence electrons. The Morgan fingerprint density at radius 3 is 2.65 bits per heavy atom. The van der Waals surface area contributed by atoms with Gasteiger partial charge in [-0.05, 0) is 42.6 Å². The van der Waals surface area contributed by atoms with Gasteiger partial charge in [0.25, 0.3) is 6.57 Å². The minimum absolute atomic E-state index is 0.315. The fourth-order valence-corrected chi connectivity index (χ4v) is 6.30. The van der Waals surface area contributed by atoms with Crippen molar-refractivity contribution >= 4 is 29.2 Å². The van der Waals surface area contributed by atoms with Crippen molar-refractivity contribution < 1.29 is 17.9 Å². The van der Waals surface area contributed by atoms with E-state index in [1.54, 1.807) is 48.7 Å². The standard InChI is InChI=1S/C17H14N3O4PS/c1-2-24-25(21)10-7-20-17(26-25)12(11-18)15(13-5-3-8-22-13)16(19-20)14-6-4-9-23-14/h3-10,19H,2H2,1H3. The number of hydrogen-bond donors (Lipinski definition) is 1. The first-order valence-electron chi connectivity index (χ1n) is 7.81. The fourth-order valence-electron chi connectivity index (χ4n) is 2.69. The molecular weight excluding hydrogens is 373 g/mol. The molecule has 9 heteroatoms. The van der Waals surface area contributed by atoms with Gasteiger partial charge in [-0.3, -0.25) is 15.0 Å². The van der Waals surface area contributed by atoms with Crippen LogP contribution in [0.4, 0.5) is 0 Å². The Morgan fingerprint density at radius 1 is 1.31 bits per heavy atom. The predicted octanol–water partition coefficient (Wildman–Crippen LogP) is 4.74. The first kappa shape index (κ1) is 16.9. The predicted molar refractivity (Wildman–Crippen MR) is 97.8 cm³/mol. The molecule has 0 fully saturated rings. The van der Waals surface area contributed by atoms with Crippen molar-refractivity contribution in [1.29, 1.82) is 5.26 Å². The van der Waals surface area contributed by atoms with E-state index in [9.17, 15) is 9.83 Å². The lowest BCUT2D eigenvalue weighted by atomic mass is 10.0. The Labute approximate surface area is 153 Å². The smallest absolute Gasteiger partial charge is 0.287 e. The minimum atomic E-state index is -3.07. The van der Waals surface area contributed by atoms with Crippen molar-refractivity contribution in [2.75, 3.05) is 6.61 Å². The van der Waals surface area contributed by atoms with Crippen molar-refractivity contribution in [2.24, 2.45) is 0 Å². The summed E-state index contributed by atoms with van der Waals surface area (Å²) in [6.07, 6.45) is 4.70. The van der Waals surface area contributed by atoms with Crippen molar-refractivity contribution in [2.45, 2.75) is 6.92 Å². The second-order valence-electron chi connectivity index (χ2n) is 5.33. The van der Waals surface area contributed by atoms with Gasteiger partial charge in [0.2, 0.25) is 0 Å². The lowest BCUT2D eigenvalue weighted by molar-refractivity contribution is 0.349. The topological polar surface area (TPSA) is 91.6 Å². The first-order valence-corrected chi connectivity index (χ1v) is 10.9. The number of nitriles is 1. The van der Waals surface area contributed by atoms with Gasteiger partial charge in [-0.1, -0.05) is 0 Å². The number of hydrazine groups is 1. The third-order valence-corrected chi connectivity index (χ3v) is 7.64. The lowest BCUT2D eigenvalue weighted by Crippen LogP contribution is -2.36. The Kier molecular flexibility index (Phi) is 4.29. The zero-order valence-corrected chi connectivity index (χ0v) is 15.4. The van der Waals surface area contributed by atoms with Crippen LogP contribution in [0.3, 0.4) is 0 Å². The lowest BCUT2D eigenvalue weighted by Gasteiger charge is -2.35. The number of nitrogens with zero attached hydrogens (tertiary/aromatic N) is 2. The second-order valence-corrected chi connectivity index (χ2v) is 9.61. The van der Waals surface area contributed by atoms with Crippen LogP contribution in [0.1, 0.15) is 18.4 Å². The molecular formula is C17H14N3O4PS. The Balaban J connectivity index is 1.92. The molecule has 2 aromatic heterocycles. The molecule has 1 N–H and O–H groups in total. The summed E-state index contributed by atoms with van der Waals surface area (Å²) in [6.45, 7) is -0.972. The van der Waals surface area contributed by atoms with Crippen molar-refractivity contribution in [3.05, 3.63) is 70.9 Å². The third-order valence-electron chi connectivity index (χ3n) is 3.73. The summed E-state index contributed by atoms with van der Waals surface area (Å²) in [4.78, 5) is 0. The normalized spacial score (nSPS) is 22.2. The Bertz CT molecular complexity index is 999. The number of rotatable bonds is 4. The Morgan fingerprint density at radius 2 is 2.04 bits per heavy atom. The molecule has 0 aromatic carbocycles. The summed E-state index contributed by atoms with van der Waals surface area (Å²) < 4.78 is 29.3. The average Bonchev–Trinajstić information content (AvgIpc) is 3.34. The van der Waals surface area contributed by atoms with E-state index >= 15 is 0 Å². The van der Waals surface area contributed by atoms with Gasteiger partial charge in [-0.2, -0.15) is 5.26 Å². The molecule has 2 aromatic rings. The largest absolute Gasteiger partial charge is 0.464 e. The number of allylic oxidation sites excluding steroid dienone is 2. The van der Waals surface area contributed by atoms with Crippen LogP contribution in [0.2, 0.25) is 0 Å².